The maximum atomic E-state index is 14.6. The summed E-state index contributed by atoms with van der Waals surface area (Å²) in [4.78, 5) is -3.37. The van der Waals surface area contributed by atoms with Gasteiger partial charge in [-0.1, -0.05) is 18.2 Å². The molecule has 3 rings (SSSR count). The number of anilines is 1. The second-order valence-corrected chi connectivity index (χ2v) is 9.78. The number of sulfonamides is 1. The quantitative estimate of drug-likeness (QED) is 0.403. The summed E-state index contributed by atoms with van der Waals surface area (Å²) in [5.74, 6) is -10.2. The number of phenols is 1. The Labute approximate surface area is 179 Å². The standard InChI is InChI=1S/C19H13F4NO6S2/c1-30-13-8-7-11(9-12(13)25)31(26,27)19-16(22)14(20)18(15(21)17(19)23)24-32(28,29)10-5-3-2-4-6-10/h2-9,24-25H,1H3. The summed E-state index contributed by atoms with van der Waals surface area (Å²) < 4.78 is 114. The molecule has 2 N–H and O–H groups in total. The smallest absolute Gasteiger partial charge is 0.262 e. The Balaban J connectivity index is 2.16. The molecule has 0 amide bonds. The van der Waals surface area contributed by atoms with E-state index >= 15 is 0 Å². The van der Waals surface area contributed by atoms with Crippen molar-refractivity contribution in [3.63, 3.8) is 0 Å². The second kappa shape index (κ2) is 8.31. The van der Waals surface area contributed by atoms with E-state index < -0.39 is 69.3 Å². The van der Waals surface area contributed by atoms with Gasteiger partial charge in [0.25, 0.3) is 10.0 Å². The van der Waals surface area contributed by atoms with E-state index in [9.17, 15) is 39.5 Å². The van der Waals surface area contributed by atoms with Crippen LogP contribution in [0.1, 0.15) is 0 Å². The van der Waals surface area contributed by atoms with Crippen LogP contribution in [0.3, 0.4) is 0 Å². The first-order valence-electron chi connectivity index (χ1n) is 8.47. The number of sulfone groups is 1. The summed E-state index contributed by atoms with van der Waals surface area (Å²) in [6.45, 7) is 0. The lowest BCUT2D eigenvalue weighted by Crippen LogP contribution is -2.19. The lowest BCUT2D eigenvalue weighted by molar-refractivity contribution is 0.372. The van der Waals surface area contributed by atoms with Crippen molar-refractivity contribution in [1.29, 1.82) is 0 Å². The zero-order valence-corrected chi connectivity index (χ0v) is 17.6. The van der Waals surface area contributed by atoms with Gasteiger partial charge in [-0.2, -0.15) is 0 Å². The topological polar surface area (TPSA) is 110 Å². The molecule has 170 valence electrons. The predicted octanol–water partition coefficient (Wildman–Crippen LogP) is 3.59. The molecule has 0 saturated carbocycles. The van der Waals surface area contributed by atoms with E-state index in [1.807, 2.05) is 0 Å². The number of nitrogens with one attached hydrogen (secondary N) is 1. The highest BCUT2D eigenvalue weighted by Crippen LogP contribution is 2.37. The van der Waals surface area contributed by atoms with Crippen LogP contribution in [0.2, 0.25) is 0 Å². The number of hydrogen-bond acceptors (Lipinski definition) is 6. The monoisotopic (exact) mass is 491 g/mol. The third-order valence-corrected chi connectivity index (χ3v) is 7.38. The lowest BCUT2D eigenvalue weighted by atomic mass is 10.2. The van der Waals surface area contributed by atoms with Crippen molar-refractivity contribution >= 4 is 25.5 Å². The first kappa shape index (κ1) is 23.3. The fraction of sp³-hybridized carbons (Fsp3) is 0.0526. The van der Waals surface area contributed by atoms with E-state index in [4.69, 9.17) is 4.74 Å². The molecule has 0 radical (unpaired) electrons. The van der Waals surface area contributed by atoms with Crippen LogP contribution in [-0.4, -0.2) is 29.1 Å². The van der Waals surface area contributed by atoms with Gasteiger partial charge in [0.05, 0.1) is 16.9 Å². The van der Waals surface area contributed by atoms with E-state index in [0.29, 0.717) is 6.07 Å². The van der Waals surface area contributed by atoms with E-state index in [0.717, 1.165) is 31.4 Å². The number of ether oxygens (including phenoxy) is 1. The molecule has 13 heteroatoms. The molecule has 0 aliphatic carbocycles. The van der Waals surface area contributed by atoms with Gasteiger partial charge in [-0.05, 0) is 24.3 Å². The maximum Gasteiger partial charge on any atom is 0.262 e. The van der Waals surface area contributed by atoms with E-state index in [2.05, 4.69) is 0 Å². The summed E-state index contributed by atoms with van der Waals surface area (Å²) >= 11 is 0. The third-order valence-electron chi connectivity index (χ3n) is 4.24. The van der Waals surface area contributed by atoms with Crippen LogP contribution in [-0.2, 0) is 19.9 Å². The van der Waals surface area contributed by atoms with Crippen LogP contribution < -0.4 is 9.46 Å². The predicted molar refractivity (Wildman–Crippen MR) is 104 cm³/mol. The molecule has 32 heavy (non-hydrogen) atoms. The van der Waals surface area contributed by atoms with Gasteiger partial charge in [0.15, 0.2) is 34.8 Å². The molecular formula is C19H13F4NO6S2. The summed E-state index contributed by atoms with van der Waals surface area (Å²) in [5, 5.41) is 9.73. The van der Waals surface area contributed by atoms with Crippen LogP contribution in [0.25, 0.3) is 0 Å². The molecule has 0 atom stereocenters. The lowest BCUT2D eigenvalue weighted by Gasteiger charge is -2.14. The second-order valence-electron chi connectivity index (χ2n) is 6.22. The molecule has 0 aliphatic rings. The fourth-order valence-corrected chi connectivity index (χ4v) is 5.17. The zero-order chi connectivity index (χ0) is 23.8. The van der Waals surface area contributed by atoms with Gasteiger partial charge >= 0.3 is 0 Å². The number of methoxy groups -OCH3 is 1. The van der Waals surface area contributed by atoms with Gasteiger partial charge in [0, 0.05) is 6.07 Å². The average molecular weight is 491 g/mol. The van der Waals surface area contributed by atoms with Gasteiger partial charge in [-0.25, -0.2) is 34.4 Å². The van der Waals surface area contributed by atoms with Crippen molar-refractivity contribution in [2.45, 2.75) is 14.7 Å². The molecule has 0 unspecified atom stereocenters. The van der Waals surface area contributed by atoms with Gasteiger partial charge in [-0.15, -0.1) is 0 Å². The normalized spacial score (nSPS) is 11.9. The Morgan fingerprint density at radius 1 is 0.812 bits per heavy atom. The summed E-state index contributed by atoms with van der Waals surface area (Å²) in [6.07, 6.45) is 0. The van der Waals surface area contributed by atoms with Gasteiger partial charge in [-0.3, -0.25) is 4.72 Å². The van der Waals surface area contributed by atoms with Crippen LogP contribution in [0, 0.1) is 23.3 Å². The molecular weight excluding hydrogens is 478 g/mol. The van der Waals surface area contributed by atoms with E-state index in [-0.39, 0.29) is 5.75 Å². The fourth-order valence-electron chi connectivity index (χ4n) is 2.68. The molecule has 0 heterocycles. The Kier molecular flexibility index (Phi) is 6.07. The largest absolute Gasteiger partial charge is 0.504 e. The number of aromatic hydroxyl groups is 1. The van der Waals surface area contributed by atoms with Crippen LogP contribution in [0.15, 0.2) is 63.2 Å². The highest BCUT2D eigenvalue weighted by Gasteiger charge is 2.36. The van der Waals surface area contributed by atoms with Crippen LogP contribution >= 0.6 is 0 Å². The summed E-state index contributed by atoms with van der Waals surface area (Å²) in [5.41, 5.74) is -1.74. The Hall–Kier alpha value is -3.32. The Morgan fingerprint density at radius 2 is 1.38 bits per heavy atom. The average Bonchev–Trinajstić information content (AvgIpc) is 2.76. The highest BCUT2D eigenvalue weighted by atomic mass is 32.2. The third kappa shape index (κ3) is 3.96. The Morgan fingerprint density at radius 3 is 1.88 bits per heavy atom. The van der Waals surface area contributed by atoms with Crippen LogP contribution in [0.5, 0.6) is 11.5 Å². The molecule has 0 saturated heterocycles. The molecule has 0 bridgehead atoms. The molecule has 3 aromatic carbocycles. The SMILES string of the molecule is COc1ccc(S(=O)(=O)c2c(F)c(F)c(NS(=O)(=O)c3ccccc3)c(F)c2F)cc1O. The first-order chi connectivity index (χ1) is 14.9. The molecule has 0 aliphatic heterocycles. The highest BCUT2D eigenvalue weighted by molar-refractivity contribution is 7.92. The minimum absolute atomic E-state index is 0.173. The molecule has 0 fully saturated rings. The summed E-state index contributed by atoms with van der Waals surface area (Å²) in [7, 11) is -8.74. The van der Waals surface area contributed by atoms with Gasteiger partial charge in [0.2, 0.25) is 9.84 Å². The van der Waals surface area contributed by atoms with Crippen molar-refractivity contribution < 1.29 is 44.2 Å². The number of hydrogen-bond donors (Lipinski definition) is 2. The number of rotatable bonds is 6. The molecule has 7 nitrogen and oxygen atoms in total. The van der Waals surface area contributed by atoms with Gasteiger partial charge in [0.1, 0.15) is 10.6 Å². The molecule has 3 aromatic rings. The van der Waals surface area contributed by atoms with Crippen molar-refractivity contribution in [2.24, 2.45) is 0 Å². The number of phenolic OH excluding ortho intramolecular Hbond substituents is 1. The van der Waals surface area contributed by atoms with Crippen molar-refractivity contribution in [3.8, 4) is 11.5 Å². The minimum Gasteiger partial charge on any atom is -0.504 e. The van der Waals surface area contributed by atoms with Crippen molar-refractivity contribution in [3.05, 3.63) is 71.8 Å². The van der Waals surface area contributed by atoms with Crippen molar-refractivity contribution in [2.75, 3.05) is 11.8 Å². The first-order valence-corrected chi connectivity index (χ1v) is 11.4. The van der Waals surface area contributed by atoms with E-state index in [1.54, 1.807) is 0 Å². The molecule has 0 spiro atoms. The minimum atomic E-state index is -5.23. The van der Waals surface area contributed by atoms with Crippen LogP contribution in [0.4, 0.5) is 23.2 Å². The van der Waals surface area contributed by atoms with Crippen molar-refractivity contribution in [1.82, 2.24) is 0 Å². The number of benzene rings is 3. The van der Waals surface area contributed by atoms with Gasteiger partial charge < -0.3 is 9.84 Å². The zero-order valence-electron chi connectivity index (χ0n) is 15.9. The van der Waals surface area contributed by atoms with E-state index in [1.165, 1.54) is 22.9 Å². The Bertz CT molecular complexity index is 1380. The maximum absolute atomic E-state index is 14.6. The number of halogens is 4. The summed E-state index contributed by atoms with van der Waals surface area (Å²) in [6, 6.07) is 8.46. The molecule has 0 aromatic heterocycles.